The van der Waals surface area contributed by atoms with Gasteiger partial charge in [-0.15, -0.1) is 11.8 Å². The molecule has 1 nitrogen and oxygen atoms in total. The molecular formula is C10H14BrNS. The standard InChI is InChI=1S/C10H14BrNS/c1-10(2,3)9-8(11)5-7(13-4)6-12-9/h5-6H,1-4H3. The first-order chi connectivity index (χ1) is 5.95. The molecule has 0 unspecified atom stereocenters. The number of pyridine rings is 1. The van der Waals surface area contributed by atoms with E-state index in [1.807, 2.05) is 6.20 Å². The van der Waals surface area contributed by atoms with Gasteiger partial charge in [-0.1, -0.05) is 20.8 Å². The maximum Gasteiger partial charge on any atom is 0.0599 e. The third-order valence-corrected chi connectivity index (χ3v) is 3.06. The van der Waals surface area contributed by atoms with Crippen molar-refractivity contribution in [2.24, 2.45) is 0 Å². The minimum Gasteiger partial charge on any atom is -0.258 e. The van der Waals surface area contributed by atoms with E-state index in [2.05, 4.69) is 54.0 Å². The SMILES string of the molecule is CSc1cnc(C(C)(C)C)c(Br)c1. The highest BCUT2D eigenvalue weighted by atomic mass is 79.9. The third-order valence-electron chi connectivity index (χ3n) is 1.76. The Morgan fingerprint density at radius 2 is 2.00 bits per heavy atom. The summed E-state index contributed by atoms with van der Waals surface area (Å²) in [6.45, 7) is 6.50. The largest absolute Gasteiger partial charge is 0.258 e. The zero-order chi connectivity index (χ0) is 10.1. The van der Waals surface area contributed by atoms with Crippen LogP contribution >= 0.6 is 27.7 Å². The van der Waals surface area contributed by atoms with Crippen LogP contribution in [0.1, 0.15) is 26.5 Å². The van der Waals surface area contributed by atoms with Gasteiger partial charge in [0, 0.05) is 21.0 Å². The molecule has 0 amide bonds. The minimum absolute atomic E-state index is 0.107. The second kappa shape index (κ2) is 4.01. The number of thioether (sulfide) groups is 1. The first kappa shape index (κ1) is 11.1. The van der Waals surface area contributed by atoms with E-state index < -0.39 is 0 Å². The van der Waals surface area contributed by atoms with Crippen LogP contribution in [-0.4, -0.2) is 11.2 Å². The molecule has 0 bridgehead atoms. The van der Waals surface area contributed by atoms with Crippen LogP contribution in [0.2, 0.25) is 0 Å². The molecule has 0 aliphatic carbocycles. The van der Waals surface area contributed by atoms with Crippen LogP contribution in [0.15, 0.2) is 21.6 Å². The van der Waals surface area contributed by atoms with Gasteiger partial charge in [0.1, 0.15) is 0 Å². The van der Waals surface area contributed by atoms with Gasteiger partial charge in [0.15, 0.2) is 0 Å². The second-order valence-electron chi connectivity index (χ2n) is 3.96. The van der Waals surface area contributed by atoms with Gasteiger partial charge in [-0.25, -0.2) is 0 Å². The molecule has 3 heteroatoms. The van der Waals surface area contributed by atoms with E-state index in [1.54, 1.807) is 11.8 Å². The summed E-state index contributed by atoms with van der Waals surface area (Å²) in [5.41, 5.74) is 1.22. The molecule has 13 heavy (non-hydrogen) atoms. The lowest BCUT2D eigenvalue weighted by Crippen LogP contribution is -2.14. The van der Waals surface area contributed by atoms with E-state index in [1.165, 1.54) is 4.90 Å². The molecule has 0 atom stereocenters. The van der Waals surface area contributed by atoms with Crippen molar-refractivity contribution in [1.82, 2.24) is 4.98 Å². The topological polar surface area (TPSA) is 12.9 Å². The maximum absolute atomic E-state index is 4.45. The second-order valence-corrected chi connectivity index (χ2v) is 5.69. The molecule has 72 valence electrons. The molecule has 1 aromatic rings. The predicted molar refractivity (Wildman–Crippen MR) is 62.4 cm³/mol. The summed E-state index contributed by atoms with van der Waals surface area (Å²) in [5, 5.41) is 0. The summed E-state index contributed by atoms with van der Waals surface area (Å²) < 4.78 is 1.10. The van der Waals surface area contributed by atoms with Crippen LogP contribution < -0.4 is 0 Å². The van der Waals surface area contributed by atoms with Gasteiger partial charge in [-0.05, 0) is 28.3 Å². The Bertz CT molecular complexity index is 304. The quantitative estimate of drug-likeness (QED) is 0.711. The van der Waals surface area contributed by atoms with E-state index in [9.17, 15) is 0 Å². The van der Waals surface area contributed by atoms with Gasteiger partial charge >= 0.3 is 0 Å². The Hall–Kier alpha value is -0.0200. The molecule has 1 heterocycles. The fourth-order valence-electron chi connectivity index (χ4n) is 1.08. The van der Waals surface area contributed by atoms with Gasteiger partial charge in [0.2, 0.25) is 0 Å². The van der Waals surface area contributed by atoms with Gasteiger partial charge < -0.3 is 0 Å². The molecule has 0 aliphatic rings. The Morgan fingerprint density at radius 1 is 1.38 bits per heavy atom. The van der Waals surface area contributed by atoms with Gasteiger partial charge in [0.25, 0.3) is 0 Å². The van der Waals surface area contributed by atoms with Crippen molar-refractivity contribution in [3.8, 4) is 0 Å². The van der Waals surface area contributed by atoms with Gasteiger partial charge in [-0.2, -0.15) is 0 Å². The lowest BCUT2D eigenvalue weighted by molar-refractivity contribution is 0.564. The maximum atomic E-state index is 4.45. The molecule has 0 fully saturated rings. The Balaban J connectivity index is 3.13. The fraction of sp³-hybridized carbons (Fsp3) is 0.500. The summed E-state index contributed by atoms with van der Waals surface area (Å²) in [5.74, 6) is 0. The first-order valence-electron chi connectivity index (χ1n) is 4.15. The van der Waals surface area contributed by atoms with Crippen molar-refractivity contribution in [3.63, 3.8) is 0 Å². The van der Waals surface area contributed by atoms with Crippen molar-refractivity contribution in [1.29, 1.82) is 0 Å². The van der Waals surface area contributed by atoms with E-state index in [0.29, 0.717) is 0 Å². The van der Waals surface area contributed by atoms with Crippen LogP contribution in [-0.2, 0) is 5.41 Å². The Labute approximate surface area is 92.5 Å². The summed E-state index contributed by atoms with van der Waals surface area (Å²) in [6.07, 6.45) is 3.98. The lowest BCUT2D eigenvalue weighted by Gasteiger charge is -2.19. The van der Waals surface area contributed by atoms with Crippen LogP contribution in [0.3, 0.4) is 0 Å². The lowest BCUT2D eigenvalue weighted by atomic mass is 9.92. The highest BCUT2D eigenvalue weighted by Crippen LogP contribution is 2.29. The van der Waals surface area contributed by atoms with Crippen molar-refractivity contribution in [2.75, 3.05) is 6.26 Å². The molecule has 0 spiro atoms. The minimum atomic E-state index is 0.107. The third kappa shape index (κ3) is 2.71. The van der Waals surface area contributed by atoms with Gasteiger partial charge in [-0.3, -0.25) is 4.98 Å². The number of rotatable bonds is 1. The first-order valence-corrected chi connectivity index (χ1v) is 6.17. The Morgan fingerprint density at radius 3 is 2.38 bits per heavy atom. The van der Waals surface area contributed by atoms with Crippen molar-refractivity contribution >= 4 is 27.7 Å². The monoisotopic (exact) mass is 259 g/mol. The van der Waals surface area contributed by atoms with Gasteiger partial charge in [0.05, 0.1) is 5.69 Å². The summed E-state index contributed by atoms with van der Waals surface area (Å²) in [6, 6.07) is 2.12. The van der Waals surface area contributed by atoms with E-state index in [4.69, 9.17) is 0 Å². The molecular weight excluding hydrogens is 246 g/mol. The molecule has 0 aliphatic heterocycles. The van der Waals surface area contributed by atoms with Crippen LogP contribution in [0.5, 0.6) is 0 Å². The van der Waals surface area contributed by atoms with E-state index in [-0.39, 0.29) is 5.41 Å². The van der Waals surface area contributed by atoms with Crippen LogP contribution in [0.25, 0.3) is 0 Å². The fourth-order valence-corrected chi connectivity index (χ4v) is 2.57. The normalized spacial score (nSPS) is 11.8. The highest BCUT2D eigenvalue weighted by molar-refractivity contribution is 9.10. The predicted octanol–water partition coefficient (Wildman–Crippen LogP) is 3.86. The number of hydrogen-bond acceptors (Lipinski definition) is 2. The van der Waals surface area contributed by atoms with E-state index in [0.717, 1.165) is 10.2 Å². The summed E-state index contributed by atoms with van der Waals surface area (Å²) >= 11 is 5.26. The van der Waals surface area contributed by atoms with Crippen molar-refractivity contribution < 1.29 is 0 Å². The Kier molecular flexibility index (Phi) is 3.41. The van der Waals surface area contributed by atoms with Crippen molar-refractivity contribution in [2.45, 2.75) is 31.1 Å². The molecule has 0 N–H and O–H groups in total. The summed E-state index contributed by atoms with van der Waals surface area (Å²) in [7, 11) is 0. The number of halogens is 1. The highest BCUT2D eigenvalue weighted by Gasteiger charge is 2.18. The number of aromatic nitrogens is 1. The zero-order valence-electron chi connectivity index (χ0n) is 8.39. The van der Waals surface area contributed by atoms with E-state index >= 15 is 0 Å². The summed E-state index contributed by atoms with van der Waals surface area (Å²) in [4.78, 5) is 5.65. The zero-order valence-corrected chi connectivity index (χ0v) is 10.8. The smallest absolute Gasteiger partial charge is 0.0599 e. The van der Waals surface area contributed by atoms with Crippen molar-refractivity contribution in [3.05, 3.63) is 22.4 Å². The molecule has 0 saturated heterocycles. The molecule has 1 aromatic heterocycles. The average molecular weight is 260 g/mol. The number of hydrogen-bond donors (Lipinski definition) is 0. The van der Waals surface area contributed by atoms with Crippen LogP contribution in [0, 0.1) is 0 Å². The molecule has 0 radical (unpaired) electrons. The average Bonchev–Trinajstić information content (AvgIpc) is 2.01. The molecule has 0 saturated carbocycles. The van der Waals surface area contributed by atoms with Crippen LogP contribution in [0.4, 0.5) is 0 Å². The number of nitrogens with zero attached hydrogens (tertiary/aromatic N) is 1. The molecule has 1 rings (SSSR count). The molecule has 0 aromatic carbocycles.